The van der Waals surface area contributed by atoms with Gasteiger partial charge in [-0.3, -0.25) is 4.79 Å². The number of carbonyl (C=O) groups excluding carboxylic acids is 1. The Bertz CT molecular complexity index is 373. The van der Waals surface area contributed by atoms with E-state index in [1.165, 1.54) is 0 Å². The summed E-state index contributed by atoms with van der Waals surface area (Å²) in [5.74, 6) is -0.0816. The predicted octanol–water partition coefficient (Wildman–Crippen LogP) is 1.06. The number of amides is 1. The molecular weight excluding hydrogens is 208 g/mol. The summed E-state index contributed by atoms with van der Waals surface area (Å²) in [7, 11) is 0. The van der Waals surface area contributed by atoms with Gasteiger partial charge in [-0.2, -0.15) is 0 Å². The second-order valence-corrected chi connectivity index (χ2v) is 4.08. The van der Waals surface area contributed by atoms with Gasteiger partial charge in [-0.25, -0.2) is 4.63 Å². The maximum Gasteiger partial charge on any atom is 0.280 e. The van der Waals surface area contributed by atoms with Crippen molar-refractivity contribution in [1.29, 1.82) is 0 Å². The van der Waals surface area contributed by atoms with Crippen LogP contribution in [0.5, 0.6) is 0 Å². The summed E-state index contributed by atoms with van der Waals surface area (Å²) in [6.07, 6.45) is 4.19. The molecule has 1 aromatic heterocycles. The van der Waals surface area contributed by atoms with Gasteiger partial charge in [0.25, 0.3) is 5.91 Å². The lowest BCUT2D eigenvalue weighted by molar-refractivity contribution is 0.0730. The molecule has 2 rings (SSSR count). The zero-order valence-corrected chi connectivity index (χ0v) is 9.35. The lowest BCUT2D eigenvalue weighted by atomic mass is 10.2. The molecule has 0 radical (unpaired) electrons. The highest BCUT2D eigenvalue weighted by atomic mass is 16.6. The van der Waals surface area contributed by atoms with E-state index in [1.54, 1.807) is 0 Å². The predicted molar refractivity (Wildman–Crippen MR) is 57.7 cm³/mol. The van der Waals surface area contributed by atoms with E-state index in [1.807, 2.05) is 4.90 Å². The first-order valence-corrected chi connectivity index (χ1v) is 5.63. The molecule has 0 atom stereocenters. The van der Waals surface area contributed by atoms with Crippen molar-refractivity contribution in [3.05, 3.63) is 5.69 Å². The first-order chi connectivity index (χ1) is 7.74. The van der Waals surface area contributed by atoms with Gasteiger partial charge in [-0.1, -0.05) is 13.3 Å². The fourth-order valence-electron chi connectivity index (χ4n) is 1.64. The zero-order valence-electron chi connectivity index (χ0n) is 9.35. The Morgan fingerprint density at radius 2 is 2.31 bits per heavy atom. The van der Waals surface area contributed by atoms with Crippen LogP contribution in [0.2, 0.25) is 0 Å². The number of rotatable bonds is 5. The summed E-state index contributed by atoms with van der Waals surface area (Å²) in [5.41, 5.74) is 5.66. The summed E-state index contributed by atoms with van der Waals surface area (Å²) in [4.78, 5) is 13.9. The van der Waals surface area contributed by atoms with Gasteiger partial charge in [-0.05, 0) is 29.6 Å². The van der Waals surface area contributed by atoms with Crippen LogP contribution in [0.15, 0.2) is 4.63 Å². The SMILES string of the molecule is CCCCN(C(=O)c1nonc1N)C1CC1. The first-order valence-electron chi connectivity index (χ1n) is 5.63. The van der Waals surface area contributed by atoms with E-state index in [4.69, 9.17) is 5.73 Å². The average Bonchev–Trinajstić information content (AvgIpc) is 3.01. The smallest absolute Gasteiger partial charge is 0.280 e. The number of unbranched alkanes of at least 4 members (excludes halogenated alkanes) is 1. The molecule has 1 amide bonds. The van der Waals surface area contributed by atoms with E-state index in [0.29, 0.717) is 6.04 Å². The molecular formula is C10H16N4O2. The third kappa shape index (κ3) is 2.15. The molecule has 88 valence electrons. The minimum Gasteiger partial charge on any atom is -0.379 e. The summed E-state index contributed by atoms with van der Waals surface area (Å²) < 4.78 is 4.45. The topological polar surface area (TPSA) is 85.2 Å². The van der Waals surface area contributed by atoms with E-state index in [-0.39, 0.29) is 17.4 Å². The van der Waals surface area contributed by atoms with Crippen molar-refractivity contribution in [2.45, 2.75) is 38.6 Å². The van der Waals surface area contributed by atoms with Crippen molar-refractivity contribution in [2.75, 3.05) is 12.3 Å². The van der Waals surface area contributed by atoms with Gasteiger partial charge in [0.2, 0.25) is 11.5 Å². The van der Waals surface area contributed by atoms with Crippen LogP contribution >= 0.6 is 0 Å². The Kier molecular flexibility index (Phi) is 3.07. The van der Waals surface area contributed by atoms with Crippen molar-refractivity contribution >= 4 is 11.7 Å². The molecule has 1 heterocycles. The molecule has 16 heavy (non-hydrogen) atoms. The largest absolute Gasteiger partial charge is 0.379 e. The number of nitrogens with two attached hydrogens (primary N) is 1. The van der Waals surface area contributed by atoms with Crippen LogP contribution in [0.1, 0.15) is 43.1 Å². The quantitative estimate of drug-likeness (QED) is 0.808. The van der Waals surface area contributed by atoms with E-state index in [9.17, 15) is 4.79 Å². The molecule has 1 aromatic rings. The molecule has 1 fully saturated rings. The molecule has 0 aromatic carbocycles. The molecule has 6 heteroatoms. The van der Waals surface area contributed by atoms with Crippen LogP contribution in [0.3, 0.4) is 0 Å². The third-order valence-corrected chi connectivity index (χ3v) is 2.72. The van der Waals surface area contributed by atoms with Gasteiger partial charge in [-0.15, -0.1) is 0 Å². The van der Waals surface area contributed by atoms with Crippen LogP contribution in [0.4, 0.5) is 5.82 Å². The van der Waals surface area contributed by atoms with Crippen LogP contribution in [0.25, 0.3) is 0 Å². The van der Waals surface area contributed by atoms with Crippen molar-refractivity contribution < 1.29 is 9.42 Å². The van der Waals surface area contributed by atoms with E-state index >= 15 is 0 Å². The lowest BCUT2D eigenvalue weighted by Crippen LogP contribution is -2.34. The highest BCUT2D eigenvalue weighted by Gasteiger charge is 2.34. The highest BCUT2D eigenvalue weighted by molar-refractivity contribution is 5.96. The Hall–Kier alpha value is -1.59. The molecule has 0 saturated heterocycles. The highest BCUT2D eigenvalue weighted by Crippen LogP contribution is 2.28. The molecule has 0 bridgehead atoms. The second kappa shape index (κ2) is 4.51. The van der Waals surface area contributed by atoms with Gasteiger partial charge in [0.1, 0.15) is 0 Å². The molecule has 0 unspecified atom stereocenters. The summed E-state index contributed by atoms with van der Waals surface area (Å²) in [5, 5.41) is 6.98. The van der Waals surface area contributed by atoms with Crippen LogP contribution in [-0.2, 0) is 0 Å². The van der Waals surface area contributed by atoms with Gasteiger partial charge >= 0.3 is 0 Å². The minimum absolute atomic E-state index is 0.0761. The Labute approximate surface area is 93.7 Å². The number of hydrogen-bond donors (Lipinski definition) is 1. The van der Waals surface area contributed by atoms with Gasteiger partial charge in [0.15, 0.2) is 0 Å². The number of hydrogen-bond acceptors (Lipinski definition) is 5. The zero-order chi connectivity index (χ0) is 11.5. The van der Waals surface area contributed by atoms with Gasteiger partial charge in [0.05, 0.1) is 0 Å². The average molecular weight is 224 g/mol. The fraction of sp³-hybridized carbons (Fsp3) is 0.700. The minimum atomic E-state index is -0.158. The monoisotopic (exact) mass is 224 g/mol. The van der Waals surface area contributed by atoms with Gasteiger partial charge < -0.3 is 10.6 Å². The summed E-state index contributed by atoms with van der Waals surface area (Å²) in [6.45, 7) is 2.86. The number of aromatic nitrogens is 2. The Morgan fingerprint density at radius 1 is 1.56 bits per heavy atom. The molecule has 0 spiro atoms. The van der Waals surface area contributed by atoms with Crippen LogP contribution < -0.4 is 5.73 Å². The molecule has 1 saturated carbocycles. The number of nitrogens with zero attached hydrogens (tertiary/aromatic N) is 3. The number of carbonyl (C=O) groups is 1. The maximum atomic E-state index is 12.1. The van der Waals surface area contributed by atoms with E-state index < -0.39 is 0 Å². The van der Waals surface area contributed by atoms with E-state index in [0.717, 1.165) is 32.2 Å². The Balaban J connectivity index is 2.08. The lowest BCUT2D eigenvalue weighted by Gasteiger charge is -2.20. The Morgan fingerprint density at radius 3 is 2.81 bits per heavy atom. The normalized spacial score (nSPS) is 15.1. The van der Waals surface area contributed by atoms with Crippen molar-refractivity contribution in [3.63, 3.8) is 0 Å². The number of anilines is 1. The second-order valence-electron chi connectivity index (χ2n) is 4.08. The van der Waals surface area contributed by atoms with Crippen LogP contribution in [-0.4, -0.2) is 33.7 Å². The summed E-state index contributed by atoms with van der Waals surface area (Å²) >= 11 is 0. The molecule has 1 aliphatic carbocycles. The number of nitrogen functional groups attached to an aromatic ring is 1. The van der Waals surface area contributed by atoms with Crippen LogP contribution in [0, 0.1) is 0 Å². The maximum absolute atomic E-state index is 12.1. The first kappa shape index (κ1) is 10.9. The summed E-state index contributed by atoms with van der Waals surface area (Å²) in [6, 6.07) is 0.357. The molecule has 6 nitrogen and oxygen atoms in total. The van der Waals surface area contributed by atoms with Gasteiger partial charge in [0, 0.05) is 12.6 Å². The third-order valence-electron chi connectivity index (χ3n) is 2.72. The molecule has 0 aliphatic heterocycles. The van der Waals surface area contributed by atoms with E-state index in [2.05, 4.69) is 21.9 Å². The standard InChI is InChI=1S/C10H16N4O2/c1-2-3-6-14(7-4-5-7)10(15)8-9(11)13-16-12-8/h7H,2-6H2,1H3,(H2,11,13). The fourth-order valence-corrected chi connectivity index (χ4v) is 1.64. The molecule has 2 N–H and O–H groups in total. The molecule has 1 aliphatic rings. The van der Waals surface area contributed by atoms with Crippen molar-refractivity contribution in [3.8, 4) is 0 Å². The van der Waals surface area contributed by atoms with Crippen molar-refractivity contribution in [2.24, 2.45) is 0 Å². The van der Waals surface area contributed by atoms with Crippen molar-refractivity contribution in [1.82, 2.24) is 15.2 Å².